The van der Waals surface area contributed by atoms with Gasteiger partial charge in [0.15, 0.2) is 17.4 Å². The maximum Gasteiger partial charge on any atom is 0.182 e. The van der Waals surface area contributed by atoms with Crippen molar-refractivity contribution in [3.63, 3.8) is 0 Å². The fraction of sp³-hybridized carbons (Fsp3) is 0.208. The number of nitrogens with zero attached hydrogens (tertiary/aromatic N) is 5. The van der Waals surface area contributed by atoms with Gasteiger partial charge in [-0.1, -0.05) is 44.2 Å². The fourth-order valence-corrected chi connectivity index (χ4v) is 3.91. The van der Waals surface area contributed by atoms with Crippen LogP contribution in [0.1, 0.15) is 36.3 Å². The van der Waals surface area contributed by atoms with Crippen LogP contribution in [0.3, 0.4) is 0 Å². The molecule has 1 aliphatic carbocycles. The van der Waals surface area contributed by atoms with Gasteiger partial charge in [0.25, 0.3) is 0 Å². The molecule has 0 bridgehead atoms. The van der Waals surface area contributed by atoms with Crippen LogP contribution < -0.4 is 0 Å². The van der Waals surface area contributed by atoms with Gasteiger partial charge in [0.1, 0.15) is 5.69 Å². The predicted octanol–water partition coefficient (Wildman–Crippen LogP) is 4.55. The summed E-state index contributed by atoms with van der Waals surface area (Å²) in [6.07, 6.45) is 4.78. The number of hydrogen-bond acceptors (Lipinski definition) is 5. The predicted molar refractivity (Wildman–Crippen MR) is 114 cm³/mol. The first kappa shape index (κ1) is 18.4. The maximum atomic E-state index is 12.5. The standard InChI is InChI=1S/C24H21N5O/c1-24(2)13-20-18(21(30)14-24)10-11-19(26-20)23-27-22(16-7-4-3-5-8-16)28-29(23)17-9-6-12-25-15-17/h3-12,15H,13-14H2,1-2H3. The average Bonchev–Trinajstić information content (AvgIpc) is 3.19. The summed E-state index contributed by atoms with van der Waals surface area (Å²) in [6, 6.07) is 17.4. The lowest BCUT2D eigenvalue weighted by Crippen LogP contribution is -2.28. The van der Waals surface area contributed by atoms with E-state index in [1.54, 1.807) is 17.1 Å². The van der Waals surface area contributed by atoms with E-state index in [2.05, 4.69) is 18.8 Å². The summed E-state index contributed by atoms with van der Waals surface area (Å²) in [5.74, 6) is 1.39. The molecule has 0 saturated carbocycles. The number of carbonyl (C=O) groups is 1. The summed E-state index contributed by atoms with van der Waals surface area (Å²) >= 11 is 0. The number of Topliss-reactive ketones (excluding diaryl/α,β-unsaturated/α-hetero) is 1. The Balaban J connectivity index is 1.67. The third-order valence-corrected chi connectivity index (χ3v) is 5.32. The van der Waals surface area contributed by atoms with Crippen LogP contribution in [-0.2, 0) is 6.42 Å². The molecule has 0 radical (unpaired) electrons. The van der Waals surface area contributed by atoms with Gasteiger partial charge in [-0.25, -0.2) is 14.6 Å². The molecule has 0 atom stereocenters. The van der Waals surface area contributed by atoms with Crippen molar-refractivity contribution >= 4 is 5.78 Å². The van der Waals surface area contributed by atoms with Crippen molar-refractivity contribution < 1.29 is 4.79 Å². The second kappa shape index (κ2) is 6.99. The highest BCUT2D eigenvalue weighted by atomic mass is 16.1. The normalized spacial score (nSPS) is 15.1. The second-order valence-electron chi connectivity index (χ2n) is 8.38. The van der Waals surface area contributed by atoms with E-state index in [1.807, 2.05) is 54.6 Å². The number of rotatable bonds is 3. The number of fused-ring (bicyclic) bond motifs is 1. The number of hydrogen-bond donors (Lipinski definition) is 0. The highest BCUT2D eigenvalue weighted by molar-refractivity contribution is 5.98. The monoisotopic (exact) mass is 395 g/mol. The lowest BCUT2D eigenvalue weighted by molar-refractivity contribution is 0.0910. The van der Waals surface area contributed by atoms with E-state index in [0.717, 1.165) is 23.4 Å². The zero-order chi connectivity index (χ0) is 20.7. The van der Waals surface area contributed by atoms with E-state index in [-0.39, 0.29) is 11.2 Å². The molecule has 4 aromatic rings. The first-order valence-electron chi connectivity index (χ1n) is 9.97. The Morgan fingerprint density at radius 3 is 2.53 bits per heavy atom. The van der Waals surface area contributed by atoms with Gasteiger partial charge >= 0.3 is 0 Å². The number of ketones is 1. The lowest BCUT2D eigenvalue weighted by Gasteiger charge is -2.29. The van der Waals surface area contributed by atoms with Crippen molar-refractivity contribution in [3.05, 3.63) is 78.2 Å². The van der Waals surface area contributed by atoms with E-state index in [0.29, 0.717) is 29.3 Å². The highest BCUT2D eigenvalue weighted by Gasteiger charge is 2.32. The van der Waals surface area contributed by atoms with Crippen molar-refractivity contribution in [1.82, 2.24) is 24.7 Å². The molecule has 0 spiro atoms. The SMILES string of the molecule is CC1(C)CC(=O)c2ccc(-c3nc(-c4ccccc4)nn3-c3cccnc3)nc2C1. The average molecular weight is 395 g/mol. The van der Waals surface area contributed by atoms with Gasteiger partial charge in [-0.05, 0) is 36.1 Å². The molecule has 3 aromatic heterocycles. The molecule has 6 heteroatoms. The van der Waals surface area contributed by atoms with Crippen LogP contribution in [0.5, 0.6) is 0 Å². The molecule has 1 aromatic carbocycles. The largest absolute Gasteiger partial charge is 0.294 e. The van der Waals surface area contributed by atoms with E-state index in [4.69, 9.17) is 15.1 Å². The van der Waals surface area contributed by atoms with Crippen LogP contribution in [-0.4, -0.2) is 30.5 Å². The molecule has 0 saturated heterocycles. The molecule has 0 unspecified atom stereocenters. The summed E-state index contributed by atoms with van der Waals surface area (Å²) < 4.78 is 1.76. The first-order valence-corrected chi connectivity index (χ1v) is 9.97. The third kappa shape index (κ3) is 3.30. The quantitative estimate of drug-likeness (QED) is 0.509. The van der Waals surface area contributed by atoms with E-state index in [9.17, 15) is 4.79 Å². The lowest BCUT2D eigenvalue weighted by atomic mass is 9.75. The smallest absolute Gasteiger partial charge is 0.182 e. The van der Waals surface area contributed by atoms with E-state index < -0.39 is 0 Å². The number of benzene rings is 1. The molecule has 5 rings (SSSR count). The topological polar surface area (TPSA) is 73.6 Å². The van der Waals surface area contributed by atoms with Gasteiger partial charge in [0.2, 0.25) is 0 Å². The van der Waals surface area contributed by atoms with Crippen LogP contribution in [0.2, 0.25) is 0 Å². The maximum absolute atomic E-state index is 12.5. The van der Waals surface area contributed by atoms with Gasteiger partial charge in [-0.3, -0.25) is 9.78 Å². The van der Waals surface area contributed by atoms with Crippen molar-refractivity contribution in [2.75, 3.05) is 0 Å². The second-order valence-corrected chi connectivity index (χ2v) is 8.38. The Bertz CT molecular complexity index is 1230. The Morgan fingerprint density at radius 2 is 1.77 bits per heavy atom. The Morgan fingerprint density at radius 1 is 0.933 bits per heavy atom. The Kier molecular flexibility index (Phi) is 4.28. The molecular formula is C24H21N5O. The number of carbonyl (C=O) groups excluding carboxylic acids is 1. The van der Waals surface area contributed by atoms with Crippen molar-refractivity contribution in [2.24, 2.45) is 5.41 Å². The molecule has 148 valence electrons. The molecule has 0 aliphatic heterocycles. The van der Waals surface area contributed by atoms with E-state index in [1.165, 1.54) is 0 Å². The molecule has 30 heavy (non-hydrogen) atoms. The van der Waals surface area contributed by atoms with Crippen molar-refractivity contribution in [1.29, 1.82) is 0 Å². The van der Waals surface area contributed by atoms with Gasteiger partial charge in [-0.15, -0.1) is 5.10 Å². The Labute approximate surface area is 174 Å². The molecule has 0 N–H and O–H groups in total. The molecule has 6 nitrogen and oxygen atoms in total. The molecule has 1 aliphatic rings. The van der Waals surface area contributed by atoms with Crippen LogP contribution in [0.4, 0.5) is 0 Å². The summed E-state index contributed by atoms with van der Waals surface area (Å²) in [5, 5.41) is 4.74. The van der Waals surface area contributed by atoms with Crippen molar-refractivity contribution in [3.8, 4) is 28.6 Å². The van der Waals surface area contributed by atoms with Gasteiger partial charge in [0, 0.05) is 23.7 Å². The van der Waals surface area contributed by atoms with Crippen molar-refractivity contribution in [2.45, 2.75) is 26.7 Å². The minimum atomic E-state index is -0.0953. The molecule has 0 fully saturated rings. The third-order valence-electron chi connectivity index (χ3n) is 5.32. The summed E-state index contributed by atoms with van der Waals surface area (Å²) in [5.41, 5.74) is 3.87. The minimum Gasteiger partial charge on any atom is -0.294 e. The van der Waals surface area contributed by atoms with Gasteiger partial charge in [-0.2, -0.15) is 0 Å². The van der Waals surface area contributed by atoms with Crippen LogP contribution in [0.15, 0.2) is 67.0 Å². The summed E-state index contributed by atoms with van der Waals surface area (Å²) in [4.78, 5) is 26.4. The zero-order valence-electron chi connectivity index (χ0n) is 16.9. The van der Waals surface area contributed by atoms with Crippen LogP contribution >= 0.6 is 0 Å². The first-order chi connectivity index (χ1) is 14.5. The van der Waals surface area contributed by atoms with Crippen LogP contribution in [0.25, 0.3) is 28.6 Å². The van der Waals surface area contributed by atoms with E-state index >= 15 is 0 Å². The number of pyridine rings is 2. The highest BCUT2D eigenvalue weighted by Crippen LogP contribution is 2.35. The van der Waals surface area contributed by atoms with Gasteiger partial charge in [0.05, 0.1) is 17.6 Å². The molecule has 0 amide bonds. The minimum absolute atomic E-state index is 0.0953. The number of aromatic nitrogens is 5. The summed E-state index contributed by atoms with van der Waals surface area (Å²) in [7, 11) is 0. The fourth-order valence-electron chi connectivity index (χ4n) is 3.91. The molecular weight excluding hydrogens is 374 g/mol. The van der Waals surface area contributed by atoms with Crippen LogP contribution in [0, 0.1) is 5.41 Å². The van der Waals surface area contributed by atoms with Gasteiger partial charge < -0.3 is 0 Å². The zero-order valence-corrected chi connectivity index (χ0v) is 16.9. The molecule has 3 heterocycles. The Hall–Kier alpha value is -3.67. The summed E-state index contributed by atoms with van der Waals surface area (Å²) in [6.45, 7) is 4.21.